The van der Waals surface area contributed by atoms with Gasteiger partial charge >= 0.3 is 0 Å². The highest BCUT2D eigenvalue weighted by atomic mass is 32.2. The smallest absolute Gasteiger partial charge is 0.276 e. The van der Waals surface area contributed by atoms with Crippen LogP contribution in [0.4, 0.5) is 0 Å². The first kappa shape index (κ1) is 17.8. The van der Waals surface area contributed by atoms with Crippen molar-refractivity contribution in [3.05, 3.63) is 24.4 Å². The van der Waals surface area contributed by atoms with Crippen LogP contribution in [0.25, 0.3) is 11.5 Å². The van der Waals surface area contributed by atoms with Gasteiger partial charge in [-0.05, 0) is 69.9 Å². The molecule has 1 N–H and O–H groups in total. The Morgan fingerprint density at radius 1 is 1.12 bits per heavy atom. The number of likely N-dealkylation sites (tertiary alicyclic amines) is 1. The van der Waals surface area contributed by atoms with Gasteiger partial charge in [-0.1, -0.05) is 6.42 Å². The zero-order valence-electron chi connectivity index (χ0n) is 14.9. The summed E-state index contributed by atoms with van der Waals surface area (Å²) in [6.45, 7) is 3.84. The highest BCUT2D eigenvalue weighted by molar-refractivity contribution is 7.89. The lowest BCUT2D eigenvalue weighted by Gasteiger charge is -2.34. The molecule has 0 spiro atoms. The van der Waals surface area contributed by atoms with Crippen molar-refractivity contribution in [2.24, 2.45) is 0 Å². The summed E-state index contributed by atoms with van der Waals surface area (Å²) in [5, 5.41) is 6.71. The quantitative estimate of drug-likeness (QED) is 0.836. The van der Waals surface area contributed by atoms with Crippen LogP contribution in [0.3, 0.4) is 0 Å². The zero-order valence-corrected chi connectivity index (χ0v) is 15.7. The van der Waals surface area contributed by atoms with Crippen LogP contribution in [0.1, 0.15) is 38.5 Å². The van der Waals surface area contributed by atoms with Crippen LogP contribution in [0, 0.1) is 0 Å². The minimum Gasteiger partial charge on any atom is -0.442 e. The molecule has 2 fully saturated rings. The SMILES string of the molecule is O=S(=O)(c1ccc(-c2ccn[nH]2)o1)N1CCCC[C@@H]1CCN1CCCC1. The minimum atomic E-state index is -3.61. The molecule has 142 valence electrons. The minimum absolute atomic E-state index is 0.0233. The monoisotopic (exact) mass is 378 g/mol. The molecule has 4 heterocycles. The fourth-order valence-corrected chi connectivity index (χ4v) is 5.67. The van der Waals surface area contributed by atoms with Crippen LogP contribution in [0.2, 0.25) is 0 Å². The van der Waals surface area contributed by atoms with E-state index in [0.29, 0.717) is 18.0 Å². The number of nitrogens with zero attached hydrogens (tertiary/aromatic N) is 3. The number of nitrogens with one attached hydrogen (secondary N) is 1. The first-order valence-corrected chi connectivity index (χ1v) is 10.9. The van der Waals surface area contributed by atoms with Gasteiger partial charge in [0, 0.05) is 18.8 Å². The van der Waals surface area contributed by atoms with Crippen molar-refractivity contribution < 1.29 is 12.8 Å². The molecule has 0 radical (unpaired) electrons. The maximum Gasteiger partial charge on any atom is 0.276 e. The molecule has 0 unspecified atom stereocenters. The maximum atomic E-state index is 13.2. The number of hydrogen-bond donors (Lipinski definition) is 1. The van der Waals surface area contributed by atoms with E-state index >= 15 is 0 Å². The summed E-state index contributed by atoms with van der Waals surface area (Å²) in [6.07, 6.45) is 7.96. The molecule has 2 aromatic heterocycles. The molecule has 0 bridgehead atoms. The fourth-order valence-electron chi connectivity index (χ4n) is 4.03. The summed E-state index contributed by atoms with van der Waals surface area (Å²) in [7, 11) is -3.61. The molecule has 4 rings (SSSR count). The molecule has 7 nitrogen and oxygen atoms in total. The number of hydrogen-bond acceptors (Lipinski definition) is 5. The van der Waals surface area contributed by atoms with E-state index in [2.05, 4.69) is 15.1 Å². The van der Waals surface area contributed by atoms with Crippen LogP contribution >= 0.6 is 0 Å². The summed E-state index contributed by atoms with van der Waals surface area (Å²) < 4.78 is 33.7. The van der Waals surface area contributed by atoms with Gasteiger partial charge in [-0.15, -0.1) is 0 Å². The summed E-state index contributed by atoms with van der Waals surface area (Å²) in [5.41, 5.74) is 0.677. The molecule has 26 heavy (non-hydrogen) atoms. The van der Waals surface area contributed by atoms with Crippen molar-refractivity contribution in [1.82, 2.24) is 19.4 Å². The van der Waals surface area contributed by atoms with Gasteiger partial charge in [-0.2, -0.15) is 9.40 Å². The molecule has 0 aromatic carbocycles. The average Bonchev–Trinajstić information content (AvgIpc) is 3.42. The first-order valence-electron chi connectivity index (χ1n) is 9.48. The second kappa shape index (κ2) is 7.54. The summed E-state index contributed by atoms with van der Waals surface area (Å²) in [4.78, 5) is 2.45. The number of rotatable bonds is 6. The summed E-state index contributed by atoms with van der Waals surface area (Å²) in [5.74, 6) is 0.492. The normalized spacial score (nSPS) is 22.8. The van der Waals surface area contributed by atoms with Crippen LogP contribution in [0.15, 0.2) is 33.9 Å². The topological polar surface area (TPSA) is 82.4 Å². The molecule has 1 atom stereocenters. The highest BCUT2D eigenvalue weighted by Gasteiger charge is 2.35. The molecule has 2 aromatic rings. The van der Waals surface area contributed by atoms with E-state index in [1.165, 1.54) is 12.8 Å². The van der Waals surface area contributed by atoms with Crippen molar-refractivity contribution in [3.63, 3.8) is 0 Å². The molecular formula is C18H26N4O3S. The van der Waals surface area contributed by atoms with E-state index in [0.717, 1.165) is 45.3 Å². The highest BCUT2D eigenvalue weighted by Crippen LogP contribution is 2.30. The molecule has 2 aliphatic heterocycles. The molecule has 2 saturated heterocycles. The lowest BCUT2D eigenvalue weighted by atomic mass is 10.0. The van der Waals surface area contributed by atoms with Crippen LogP contribution in [-0.4, -0.2) is 60.0 Å². The summed E-state index contributed by atoms with van der Waals surface area (Å²) >= 11 is 0. The van der Waals surface area contributed by atoms with E-state index in [1.54, 1.807) is 28.7 Å². The van der Waals surface area contributed by atoms with Crippen LogP contribution < -0.4 is 0 Å². The van der Waals surface area contributed by atoms with E-state index in [1.807, 2.05) is 0 Å². The number of furan rings is 1. The van der Waals surface area contributed by atoms with E-state index < -0.39 is 10.0 Å². The third kappa shape index (κ3) is 3.58. The number of aromatic nitrogens is 2. The van der Waals surface area contributed by atoms with E-state index in [4.69, 9.17) is 4.42 Å². The molecule has 0 aliphatic carbocycles. The second-order valence-electron chi connectivity index (χ2n) is 7.19. The van der Waals surface area contributed by atoms with E-state index in [-0.39, 0.29) is 11.1 Å². The number of H-pyrrole nitrogens is 1. The Kier molecular flexibility index (Phi) is 5.15. The van der Waals surface area contributed by atoms with Crippen molar-refractivity contribution in [2.45, 2.75) is 49.7 Å². The van der Waals surface area contributed by atoms with Crippen LogP contribution in [-0.2, 0) is 10.0 Å². The van der Waals surface area contributed by atoms with Gasteiger partial charge < -0.3 is 9.32 Å². The Labute approximate surface area is 154 Å². The van der Waals surface area contributed by atoms with Gasteiger partial charge in [0.05, 0.1) is 0 Å². The van der Waals surface area contributed by atoms with Gasteiger partial charge in [-0.25, -0.2) is 8.42 Å². The number of piperidine rings is 1. The second-order valence-corrected chi connectivity index (χ2v) is 9.01. The number of aromatic amines is 1. The third-order valence-corrected chi connectivity index (χ3v) is 7.29. The predicted molar refractivity (Wildman–Crippen MR) is 98.1 cm³/mol. The molecule has 2 aliphatic rings. The van der Waals surface area contributed by atoms with Gasteiger partial charge in [0.2, 0.25) is 5.09 Å². The Hall–Kier alpha value is -1.64. The maximum absolute atomic E-state index is 13.2. The average molecular weight is 378 g/mol. The van der Waals surface area contributed by atoms with Crippen LogP contribution in [0.5, 0.6) is 0 Å². The number of sulfonamides is 1. The molecule has 8 heteroatoms. The molecular weight excluding hydrogens is 352 g/mol. The predicted octanol–water partition coefficient (Wildman–Crippen LogP) is 2.70. The van der Waals surface area contributed by atoms with Gasteiger partial charge in [-0.3, -0.25) is 5.10 Å². The lowest BCUT2D eigenvalue weighted by molar-refractivity contribution is 0.210. The third-order valence-electron chi connectivity index (χ3n) is 5.46. The van der Waals surface area contributed by atoms with Crippen molar-refractivity contribution in [2.75, 3.05) is 26.2 Å². The van der Waals surface area contributed by atoms with Gasteiger partial charge in [0.25, 0.3) is 10.0 Å². The summed E-state index contributed by atoms with van der Waals surface area (Å²) in [6, 6.07) is 5.06. The molecule has 0 saturated carbocycles. The van der Waals surface area contributed by atoms with Crippen molar-refractivity contribution >= 4 is 10.0 Å². The van der Waals surface area contributed by atoms with Crippen molar-refractivity contribution in [1.29, 1.82) is 0 Å². The lowest BCUT2D eigenvalue weighted by Crippen LogP contribution is -2.44. The first-order chi connectivity index (χ1) is 12.6. The largest absolute Gasteiger partial charge is 0.442 e. The zero-order chi connectivity index (χ0) is 18.0. The van der Waals surface area contributed by atoms with Gasteiger partial charge in [0.1, 0.15) is 5.69 Å². The Balaban J connectivity index is 1.50. The fraction of sp³-hybridized carbons (Fsp3) is 0.611. The molecule has 0 amide bonds. The Morgan fingerprint density at radius 3 is 2.69 bits per heavy atom. The Bertz CT molecular complexity index is 809. The van der Waals surface area contributed by atoms with Gasteiger partial charge in [0.15, 0.2) is 5.76 Å². The van der Waals surface area contributed by atoms with Crippen molar-refractivity contribution in [3.8, 4) is 11.5 Å². The Morgan fingerprint density at radius 2 is 1.92 bits per heavy atom. The van der Waals surface area contributed by atoms with E-state index in [9.17, 15) is 8.42 Å². The standard InChI is InChI=1S/C18H26N4O3S/c23-26(24,18-7-6-17(25-18)16-8-10-19-20-16)22-13-2-1-5-15(22)9-14-21-11-3-4-12-21/h6-8,10,15H,1-5,9,11-14H2,(H,19,20)/t15-/m1/s1.